The van der Waals surface area contributed by atoms with E-state index in [1.807, 2.05) is 13.8 Å². The summed E-state index contributed by atoms with van der Waals surface area (Å²) in [7, 11) is 0. The quantitative estimate of drug-likeness (QED) is 0.884. The molecule has 0 aromatic carbocycles. The lowest BCUT2D eigenvalue weighted by Gasteiger charge is -2.19. The van der Waals surface area contributed by atoms with Gasteiger partial charge in [-0.1, -0.05) is 13.8 Å². The third-order valence-corrected chi connectivity index (χ3v) is 2.75. The highest BCUT2D eigenvalue weighted by Crippen LogP contribution is 2.08. The van der Waals surface area contributed by atoms with Crippen molar-refractivity contribution in [2.45, 2.75) is 19.9 Å². The first-order valence-corrected chi connectivity index (χ1v) is 5.87. The summed E-state index contributed by atoms with van der Waals surface area (Å²) in [5, 5.41) is 11.8. The number of halogens is 1. The number of aliphatic hydroxyl groups is 1. The molecular weight excluding hydrogens is 272 g/mol. The molecule has 1 amide bonds. The predicted molar refractivity (Wildman–Crippen MR) is 65.1 cm³/mol. The summed E-state index contributed by atoms with van der Waals surface area (Å²) < 4.78 is 0.826. The van der Waals surface area contributed by atoms with Crippen LogP contribution in [0.4, 0.5) is 0 Å². The first kappa shape index (κ1) is 13.1. The number of nitrogens with one attached hydrogen (secondary N) is 1. The molecule has 1 atom stereocenters. The van der Waals surface area contributed by atoms with Gasteiger partial charge in [0.25, 0.3) is 5.91 Å². The van der Waals surface area contributed by atoms with Crippen LogP contribution in [0.2, 0.25) is 0 Å². The minimum Gasteiger partial charge on any atom is -0.394 e. The van der Waals surface area contributed by atoms with Crippen molar-refractivity contribution in [1.82, 2.24) is 10.3 Å². The summed E-state index contributed by atoms with van der Waals surface area (Å²) in [5.74, 6) is -0.0790. The third-order valence-electron chi connectivity index (χ3n) is 2.28. The van der Waals surface area contributed by atoms with Gasteiger partial charge >= 0.3 is 0 Å². The number of hydrogen-bond donors (Lipinski definition) is 2. The minimum atomic E-state index is -0.264. The number of carbonyl (C=O) groups excluding carboxylic acids is 1. The van der Waals surface area contributed by atoms with E-state index < -0.39 is 0 Å². The van der Waals surface area contributed by atoms with Crippen LogP contribution in [0.3, 0.4) is 0 Å². The fourth-order valence-corrected chi connectivity index (χ4v) is 1.41. The first-order valence-electron chi connectivity index (χ1n) is 5.08. The molecular formula is C11H15BrN2O2. The fourth-order valence-electron chi connectivity index (χ4n) is 1.18. The van der Waals surface area contributed by atoms with Crippen molar-refractivity contribution in [2.75, 3.05) is 6.61 Å². The van der Waals surface area contributed by atoms with E-state index >= 15 is 0 Å². The van der Waals surface area contributed by atoms with Gasteiger partial charge in [0.05, 0.1) is 12.6 Å². The van der Waals surface area contributed by atoms with E-state index in [9.17, 15) is 4.79 Å². The molecule has 0 unspecified atom stereocenters. The number of nitrogens with zero attached hydrogens (tertiary/aromatic N) is 1. The van der Waals surface area contributed by atoms with Crippen molar-refractivity contribution in [3.63, 3.8) is 0 Å². The lowest BCUT2D eigenvalue weighted by Crippen LogP contribution is -2.41. The first-order chi connectivity index (χ1) is 7.54. The molecule has 88 valence electrons. The smallest absolute Gasteiger partial charge is 0.270 e. The molecule has 0 radical (unpaired) electrons. The van der Waals surface area contributed by atoms with Crippen LogP contribution < -0.4 is 5.32 Å². The zero-order chi connectivity index (χ0) is 12.1. The molecule has 1 heterocycles. The Labute approximate surface area is 103 Å². The van der Waals surface area contributed by atoms with Gasteiger partial charge in [-0.15, -0.1) is 0 Å². The van der Waals surface area contributed by atoms with E-state index in [0.717, 1.165) is 4.47 Å². The minimum absolute atomic E-state index is 0.0695. The number of carbonyl (C=O) groups is 1. The summed E-state index contributed by atoms with van der Waals surface area (Å²) in [5.41, 5.74) is 0.349. The lowest BCUT2D eigenvalue weighted by atomic mass is 10.1. The summed E-state index contributed by atoms with van der Waals surface area (Å²) in [4.78, 5) is 15.7. The number of rotatable bonds is 4. The third kappa shape index (κ3) is 3.57. The molecule has 5 heteroatoms. The molecule has 0 aliphatic rings. The van der Waals surface area contributed by atoms with Crippen LogP contribution in [0.1, 0.15) is 24.3 Å². The number of aliphatic hydroxyl groups excluding tert-OH is 1. The highest BCUT2D eigenvalue weighted by Gasteiger charge is 2.16. The lowest BCUT2D eigenvalue weighted by molar-refractivity contribution is 0.0892. The van der Waals surface area contributed by atoms with Gasteiger partial charge in [0, 0.05) is 10.7 Å². The molecule has 0 saturated heterocycles. The Kier molecular flexibility index (Phi) is 4.89. The topological polar surface area (TPSA) is 62.2 Å². The maximum absolute atomic E-state index is 11.7. The molecule has 1 aromatic rings. The standard InChI is InChI=1S/C11H15BrN2O2/c1-7(2)10(6-15)14-11(16)9-4-3-8(12)5-13-9/h3-5,7,10,15H,6H2,1-2H3,(H,14,16)/t10-/m1/s1. The van der Waals surface area contributed by atoms with Gasteiger partial charge in [-0.3, -0.25) is 4.79 Å². The Hall–Kier alpha value is -0.940. The Balaban J connectivity index is 2.68. The molecule has 0 bridgehead atoms. The highest BCUT2D eigenvalue weighted by molar-refractivity contribution is 9.10. The fraction of sp³-hybridized carbons (Fsp3) is 0.455. The van der Waals surface area contributed by atoms with Gasteiger partial charge in [-0.25, -0.2) is 4.98 Å². The Morgan fingerprint density at radius 2 is 2.25 bits per heavy atom. The Bertz CT molecular complexity index is 352. The average molecular weight is 287 g/mol. The van der Waals surface area contributed by atoms with Crippen LogP contribution >= 0.6 is 15.9 Å². The van der Waals surface area contributed by atoms with E-state index in [4.69, 9.17) is 5.11 Å². The maximum atomic E-state index is 11.7. The van der Waals surface area contributed by atoms with E-state index in [2.05, 4.69) is 26.2 Å². The molecule has 2 N–H and O–H groups in total. The SMILES string of the molecule is CC(C)[C@@H](CO)NC(=O)c1ccc(Br)cn1. The number of aromatic nitrogens is 1. The van der Waals surface area contributed by atoms with E-state index in [1.54, 1.807) is 18.3 Å². The molecule has 1 aromatic heterocycles. The van der Waals surface area contributed by atoms with Crippen LogP contribution in [0.5, 0.6) is 0 Å². The highest BCUT2D eigenvalue weighted by atomic mass is 79.9. The molecule has 0 aliphatic heterocycles. The van der Waals surface area contributed by atoms with Crippen molar-refractivity contribution >= 4 is 21.8 Å². The van der Waals surface area contributed by atoms with Crippen LogP contribution in [-0.4, -0.2) is 28.6 Å². The predicted octanol–water partition coefficient (Wildman–Crippen LogP) is 1.59. The van der Waals surface area contributed by atoms with Gasteiger partial charge in [-0.05, 0) is 34.0 Å². The van der Waals surface area contributed by atoms with Crippen molar-refractivity contribution < 1.29 is 9.90 Å². The number of hydrogen-bond acceptors (Lipinski definition) is 3. The molecule has 16 heavy (non-hydrogen) atoms. The van der Waals surface area contributed by atoms with Gasteiger partial charge in [-0.2, -0.15) is 0 Å². The second-order valence-corrected chi connectivity index (χ2v) is 4.78. The summed E-state index contributed by atoms with van der Waals surface area (Å²) in [6.45, 7) is 3.81. The zero-order valence-corrected chi connectivity index (χ0v) is 10.9. The Morgan fingerprint density at radius 3 is 2.69 bits per heavy atom. The molecule has 1 rings (SSSR count). The van der Waals surface area contributed by atoms with E-state index in [1.165, 1.54) is 0 Å². The van der Waals surface area contributed by atoms with Crippen LogP contribution in [0, 0.1) is 5.92 Å². The van der Waals surface area contributed by atoms with Crippen LogP contribution in [0.25, 0.3) is 0 Å². The van der Waals surface area contributed by atoms with Crippen molar-refractivity contribution in [2.24, 2.45) is 5.92 Å². The normalized spacial score (nSPS) is 12.6. The monoisotopic (exact) mass is 286 g/mol. The van der Waals surface area contributed by atoms with Crippen LogP contribution in [-0.2, 0) is 0 Å². The van der Waals surface area contributed by atoms with Crippen molar-refractivity contribution in [1.29, 1.82) is 0 Å². The molecule has 4 nitrogen and oxygen atoms in total. The van der Waals surface area contributed by atoms with Gasteiger partial charge < -0.3 is 10.4 Å². The Morgan fingerprint density at radius 1 is 1.56 bits per heavy atom. The van der Waals surface area contributed by atoms with Gasteiger partial charge in [0.15, 0.2) is 0 Å². The van der Waals surface area contributed by atoms with Gasteiger partial charge in [0.2, 0.25) is 0 Å². The van der Waals surface area contributed by atoms with Crippen molar-refractivity contribution in [3.05, 3.63) is 28.5 Å². The summed E-state index contributed by atoms with van der Waals surface area (Å²) in [6.07, 6.45) is 1.57. The molecule has 0 fully saturated rings. The van der Waals surface area contributed by atoms with Crippen molar-refractivity contribution in [3.8, 4) is 0 Å². The summed E-state index contributed by atoms with van der Waals surface area (Å²) >= 11 is 3.25. The average Bonchev–Trinajstić information content (AvgIpc) is 2.26. The maximum Gasteiger partial charge on any atom is 0.270 e. The number of pyridine rings is 1. The summed E-state index contributed by atoms with van der Waals surface area (Å²) in [6, 6.07) is 3.15. The second-order valence-electron chi connectivity index (χ2n) is 3.87. The van der Waals surface area contributed by atoms with E-state index in [0.29, 0.717) is 5.69 Å². The molecule has 0 spiro atoms. The second kappa shape index (κ2) is 5.96. The number of amides is 1. The van der Waals surface area contributed by atoms with Crippen LogP contribution in [0.15, 0.2) is 22.8 Å². The van der Waals surface area contributed by atoms with Gasteiger partial charge in [0.1, 0.15) is 5.69 Å². The molecule has 0 aliphatic carbocycles. The largest absolute Gasteiger partial charge is 0.394 e. The molecule has 0 saturated carbocycles. The zero-order valence-electron chi connectivity index (χ0n) is 9.27. The van der Waals surface area contributed by atoms with E-state index in [-0.39, 0.29) is 24.5 Å².